The molecule has 1 atom stereocenters. The molecule has 2 fully saturated rings. The lowest BCUT2D eigenvalue weighted by Gasteiger charge is -2.32. The predicted molar refractivity (Wildman–Crippen MR) is 228 cm³/mol. The fourth-order valence-electron chi connectivity index (χ4n) is 8.08. The van der Waals surface area contributed by atoms with Crippen LogP contribution in [-0.4, -0.2) is 105 Å². The summed E-state index contributed by atoms with van der Waals surface area (Å²) < 4.78 is 19.5. The summed E-state index contributed by atoms with van der Waals surface area (Å²) in [6.45, 7) is 8.38. The van der Waals surface area contributed by atoms with Gasteiger partial charge in [-0.15, -0.1) is 0 Å². The number of hydrogen-bond donors (Lipinski definition) is 3. The number of nitrogens with one attached hydrogen (secondary N) is 2. The summed E-state index contributed by atoms with van der Waals surface area (Å²) in [5.41, 5.74) is 9.84. The number of carbonyl (C=O) groups is 4. The quantitative estimate of drug-likeness (QED) is 0.0762. The number of piperidine rings is 2. The van der Waals surface area contributed by atoms with Crippen LogP contribution in [0.5, 0.6) is 11.5 Å². The fraction of sp³-hybridized carbons (Fsp3) is 0.356. The van der Waals surface area contributed by atoms with Crippen LogP contribution in [0.1, 0.15) is 71.7 Å². The van der Waals surface area contributed by atoms with E-state index < -0.39 is 23.8 Å². The highest BCUT2D eigenvalue weighted by Gasteiger charge is 2.45. The number of allylic oxidation sites excluding steroid dienone is 1. The van der Waals surface area contributed by atoms with E-state index in [0.717, 1.165) is 77.6 Å². The highest BCUT2D eigenvalue weighted by atomic mass is 16.5. The van der Waals surface area contributed by atoms with E-state index in [1.54, 1.807) is 12.1 Å². The lowest BCUT2D eigenvalue weighted by Crippen LogP contribution is -2.51. The molecule has 4 amide bonds. The van der Waals surface area contributed by atoms with E-state index >= 15 is 0 Å². The minimum atomic E-state index is -0.927. The SMILES string of the molecule is C=C1CCC(N2C(=O)c3cccc(NC(=O)CCOCCCOCCCN4CCC(n5nc(-c6ccc(Oc7ccccc7)cc6)c6c(N)ncnc65)CC4)c3C2=O)C(=O)N1. The molecule has 0 saturated carbocycles. The summed E-state index contributed by atoms with van der Waals surface area (Å²) in [5, 5.41) is 11.2. The van der Waals surface area contributed by atoms with Crippen molar-refractivity contribution in [3.63, 3.8) is 0 Å². The maximum absolute atomic E-state index is 13.3. The number of likely N-dealkylation sites (tertiary alicyclic amines) is 1. The fourth-order valence-corrected chi connectivity index (χ4v) is 8.08. The number of amides is 4. The lowest BCUT2D eigenvalue weighted by atomic mass is 10.0. The van der Waals surface area contributed by atoms with E-state index in [-0.39, 0.29) is 41.8 Å². The average molecular weight is 828 g/mol. The zero-order valence-corrected chi connectivity index (χ0v) is 33.9. The molecule has 3 aromatic carbocycles. The zero-order chi connectivity index (χ0) is 42.3. The Morgan fingerprint density at radius 3 is 2.36 bits per heavy atom. The monoisotopic (exact) mass is 827 g/mol. The van der Waals surface area contributed by atoms with E-state index in [2.05, 4.69) is 32.1 Å². The number of carbonyl (C=O) groups excluding carboxylic acids is 4. The summed E-state index contributed by atoms with van der Waals surface area (Å²) in [6.07, 6.45) is 5.79. The first-order chi connectivity index (χ1) is 29.7. The van der Waals surface area contributed by atoms with Gasteiger partial charge in [0.25, 0.3) is 11.8 Å². The Morgan fingerprint density at radius 1 is 0.852 bits per heavy atom. The van der Waals surface area contributed by atoms with E-state index in [4.69, 9.17) is 25.0 Å². The number of aromatic nitrogens is 4. The Morgan fingerprint density at radius 2 is 1.59 bits per heavy atom. The summed E-state index contributed by atoms with van der Waals surface area (Å²) >= 11 is 0. The standard InChI is InChI=1S/C45H49N9O7/c1-29-12-17-36(43(56)49-29)53-44(57)34-10-5-11-35(38(34)45(53)58)50-37(55)20-27-60-26-7-25-59-24-6-21-52-22-18-31(19-23-52)54-42-39(41(46)47-28-48-42)40(51-54)30-13-15-33(16-14-30)61-32-8-3-2-4-9-32/h2-5,8-11,13-16,28,31,36H,1,6-7,12,17-27H2,(H,49,56)(H,50,55)(H2,46,47,48). The van der Waals surface area contributed by atoms with Crippen LogP contribution in [0.25, 0.3) is 22.3 Å². The number of imide groups is 1. The maximum atomic E-state index is 13.3. The molecular formula is C45H49N9O7. The van der Waals surface area contributed by atoms with E-state index in [0.29, 0.717) is 50.6 Å². The molecule has 0 aliphatic carbocycles. The number of nitrogen functional groups attached to an aromatic ring is 1. The van der Waals surface area contributed by atoms with Crippen molar-refractivity contribution in [3.8, 4) is 22.8 Å². The van der Waals surface area contributed by atoms with Crippen LogP contribution >= 0.6 is 0 Å². The van der Waals surface area contributed by atoms with Gasteiger partial charge in [0, 0.05) is 50.7 Å². The Hall–Kier alpha value is -6.49. The van der Waals surface area contributed by atoms with Crippen LogP contribution < -0.4 is 21.1 Å². The lowest BCUT2D eigenvalue weighted by molar-refractivity contribution is -0.125. The third-order valence-electron chi connectivity index (χ3n) is 11.2. The van der Waals surface area contributed by atoms with Crippen LogP contribution in [-0.2, 0) is 19.1 Å². The molecule has 5 aromatic rings. The van der Waals surface area contributed by atoms with E-state index in [1.165, 1.54) is 12.4 Å². The van der Waals surface area contributed by atoms with Crippen molar-refractivity contribution < 1.29 is 33.4 Å². The average Bonchev–Trinajstić information content (AvgIpc) is 3.78. The van der Waals surface area contributed by atoms with Gasteiger partial charge in [0.1, 0.15) is 35.4 Å². The molecule has 0 spiro atoms. The van der Waals surface area contributed by atoms with Crippen molar-refractivity contribution in [3.05, 3.63) is 103 Å². The summed E-state index contributed by atoms with van der Waals surface area (Å²) in [4.78, 5) is 64.1. The second kappa shape index (κ2) is 18.8. The van der Waals surface area contributed by atoms with Crippen molar-refractivity contribution in [1.82, 2.24) is 34.9 Å². The summed E-state index contributed by atoms with van der Waals surface area (Å²) in [7, 11) is 0. The molecule has 3 aliphatic heterocycles. The molecule has 316 valence electrons. The maximum Gasteiger partial charge on any atom is 0.264 e. The molecule has 8 rings (SSSR count). The minimum absolute atomic E-state index is 0.0684. The van der Waals surface area contributed by atoms with Gasteiger partial charge < -0.3 is 35.5 Å². The molecule has 16 nitrogen and oxygen atoms in total. The molecule has 5 heterocycles. The van der Waals surface area contributed by atoms with Crippen molar-refractivity contribution in [2.45, 2.75) is 57.0 Å². The first-order valence-corrected chi connectivity index (χ1v) is 20.7. The van der Waals surface area contributed by atoms with Gasteiger partial charge in [0.15, 0.2) is 5.65 Å². The summed E-state index contributed by atoms with van der Waals surface area (Å²) in [5.74, 6) is -0.0447. The van der Waals surface area contributed by atoms with Gasteiger partial charge in [-0.1, -0.05) is 30.8 Å². The molecule has 4 N–H and O–H groups in total. The van der Waals surface area contributed by atoms with Crippen LogP contribution in [0, 0.1) is 0 Å². The number of fused-ring (bicyclic) bond motifs is 2. The van der Waals surface area contributed by atoms with Crippen molar-refractivity contribution in [1.29, 1.82) is 0 Å². The van der Waals surface area contributed by atoms with Crippen LogP contribution in [0.3, 0.4) is 0 Å². The molecule has 2 aromatic heterocycles. The third kappa shape index (κ3) is 9.31. The Labute approximate surface area is 353 Å². The molecule has 0 bridgehead atoms. The van der Waals surface area contributed by atoms with Gasteiger partial charge in [-0.2, -0.15) is 5.10 Å². The van der Waals surface area contributed by atoms with Crippen molar-refractivity contribution >= 4 is 46.2 Å². The molecule has 3 aliphatic rings. The van der Waals surface area contributed by atoms with Crippen molar-refractivity contribution in [2.75, 3.05) is 57.1 Å². The number of nitrogens with two attached hydrogens (primary N) is 1. The van der Waals surface area contributed by atoms with E-state index in [1.807, 2.05) is 59.3 Å². The first kappa shape index (κ1) is 41.3. The van der Waals surface area contributed by atoms with Gasteiger partial charge in [-0.3, -0.25) is 24.1 Å². The summed E-state index contributed by atoms with van der Waals surface area (Å²) in [6, 6.07) is 21.4. The highest BCUT2D eigenvalue weighted by molar-refractivity contribution is 6.25. The van der Waals surface area contributed by atoms with Crippen molar-refractivity contribution in [2.24, 2.45) is 0 Å². The second-order valence-corrected chi connectivity index (χ2v) is 15.3. The Bertz CT molecular complexity index is 2410. The number of nitrogens with zero attached hydrogens (tertiary/aromatic N) is 6. The molecule has 61 heavy (non-hydrogen) atoms. The zero-order valence-electron chi connectivity index (χ0n) is 33.9. The number of anilines is 2. The first-order valence-electron chi connectivity index (χ1n) is 20.7. The largest absolute Gasteiger partial charge is 0.457 e. The molecule has 1 unspecified atom stereocenters. The molecule has 2 saturated heterocycles. The normalized spacial score (nSPS) is 17.2. The van der Waals surface area contributed by atoms with Gasteiger partial charge in [-0.05, 0) is 87.1 Å². The van der Waals surface area contributed by atoms with Crippen LogP contribution in [0.15, 0.2) is 91.4 Å². The Balaban J connectivity index is 0.717. The van der Waals surface area contributed by atoms with Crippen LogP contribution in [0.2, 0.25) is 0 Å². The number of benzene rings is 3. The predicted octanol–water partition coefficient (Wildman–Crippen LogP) is 5.74. The number of hydrogen-bond acceptors (Lipinski definition) is 12. The smallest absolute Gasteiger partial charge is 0.264 e. The van der Waals surface area contributed by atoms with Crippen LogP contribution in [0.4, 0.5) is 11.5 Å². The van der Waals surface area contributed by atoms with Gasteiger partial charge >= 0.3 is 0 Å². The van der Waals surface area contributed by atoms with Gasteiger partial charge in [0.2, 0.25) is 11.8 Å². The number of para-hydroxylation sites is 1. The molecular weight excluding hydrogens is 779 g/mol. The molecule has 16 heteroatoms. The second-order valence-electron chi connectivity index (χ2n) is 15.3. The molecule has 0 radical (unpaired) electrons. The van der Waals surface area contributed by atoms with Gasteiger partial charge in [0.05, 0.1) is 41.3 Å². The van der Waals surface area contributed by atoms with E-state index in [9.17, 15) is 19.2 Å². The number of rotatable bonds is 17. The van der Waals surface area contributed by atoms with Gasteiger partial charge in [-0.25, -0.2) is 14.6 Å². The highest BCUT2D eigenvalue weighted by Crippen LogP contribution is 2.36. The number of ether oxygens (including phenoxy) is 3. The minimum Gasteiger partial charge on any atom is -0.457 e. The topological polar surface area (TPSA) is 196 Å². The third-order valence-corrected chi connectivity index (χ3v) is 11.2. The Kier molecular flexibility index (Phi) is 12.7.